The average molecular weight is 194 g/mol. The molecule has 0 aliphatic carbocycles. The molecule has 1 saturated heterocycles. The van der Waals surface area contributed by atoms with E-state index in [0.717, 1.165) is 0 Å². The van der Waals surface area contributed by atoms with Crippen molar-refractivity contribution in [2.75, 3.05) is 0 Å². The summed E-state index contributed by atoms with van der Waals surface area (Å²) in [6, 6.07) is -0.821. The highest BCUT2D eigenvalue weighted by molar-refractivity contribution is 6.22. The van der Waals surface area contributed by atoms with Gasteiger partial charge in [0.05, 0.1) is 0 Å². The molecule has 5 nitrogen and oxygen atoms in total. The van der Waals surface area contributed by atoms with E-state index in [0.29, 0.717) is 5.57 Å². The largest absolute Gasteiger partial charge is 0.328 e. The van der Waals surface area contributed by atoms with E-state index in [1.165, 1.54) is 13.0 Å². The normalized spacial score (nSPS) is 19.6. The van der Waals surface area contributed by atoms with Crippen LogP contribution in [0.2, 0.25) is 0 Å². The minimum absolute atomic E-state index is 0.315. The predicted octanol–water partition coefficient (Wildman–Crippen LogP) is 0.101. The molecule has 0 bridgehead atoms. The number of imide groups is 2. The Morgan fingerprint density at radius 1 is 1.29 bits per heavy atom. The van der Waals surface area contributed by atoms with Crippen molar-refractivity contribution in [3.05, 3.63) is 24.8 Å². The number of hydrogen-bond acceptors (Lipinski definition) is 3. The lowest BCUT2D eigenvalue weighted by atomic mass is 9.78. The molecule has 74 valence electrons. The molecule has 1 aliphatic rings. The lowest BCUT2D eigenvalue weighted by Crippen LogP contribution is -2.61. The third-order valence-electron chi connectivity index (χ3n) is 2.15. The topological polar surface area (TPSA) is 75.3 Å². The zero-order valence-corrected chi connectivity index (χ0v) is 7.72. The van der Waals surface area contributed by atoms with Crippen molar-refractivity contribution in [3.8, 4) is 0 Å². The van der Waals surface area contributed by atoms with Gasteiger partial charge in [0.15, 0.2) is 5.41 Å². The monoisotopic (exact) mass is 194 g/mol. The summed E-state index contributed by atoms with van der Waals surface area (Å²) in [6.07, 6.45) is 1.17. The van der Waals surface area contributed by atoms with Gasteiger partial charge in [-0.15, -0.1) is 6.58 Å². The fourth-order valence-electron chi connectivity index (χ4n) is 1.29. The molecule has 14 heavy (non-hydrogen) atoms. The summed E-state index contributed by atoms with van der Waals surface area (Å²) in [4.78, 5) is 33.8. The first kappa shape index (κ1) is 10.2. The van der Waals surface area contributed by atoms with Crippen molar-refractivity contribution in [2.24, 2.45) is 5.41 Å². The van der Waals surface area contributed by atoms with Crippen LogP contribution in [0.1, 0.15) is 6.92 Å². The maximum absolute atomic E-state index is 11.5. The Kier molecular flexibility index (Phi) is 2.25. The summed E-state index contributed by atoms with van der Waals surface area (Å²) in [5, 5.41) is 3.98. The number of amides is 4. The fourth-order valence-corrected chi connectivity index (χ4v) is 1.29. The average Bonchev–Trinajstić information content (AvgIpc) is 2.03. The maximum Gasteiger partial charge on any atom is 0.328 e. The first-order valence-electron chi connectivity index (χ1n) is 3.91. The molecule has 0 radical (unpaired) electrons. The second-order valence-corrected chi connectivity index (χ2v) is 3.03. The van der Waals surface area contributed by atoms with Crippen LogP contribution in [0.4, 0.5) is 4.79 Å². The molecule has 0 aromatic rings. The molecule has 1 heterocycles. The highest BCUT2D eigenvalue weighted by Gasteiger charge is 2.48. The summed E-state index contributed by atoms with van der Waals surface area (Å²) in [5.74, 6) is -1.43. The van der Waals surface area contributed by atoms with Crippen molar-refractivity contribution in [3.63, 3.8) is 0 Å². The summed E-state index contributed by atoms with van der Waals surface area (Å²) in [7, 11) is 0. The molecular weight excluding hydrogens is 184 g/mol. The van der Waals surface area contributed by atoms with E-state index < -0.39 is 23.3 Å². The van der Waals surface area contributed by atoms with Gasteiger partial charge in [0.2, 0.25) is 0 Å². The Morgan fingerprint density at radius 3 is 2.00 bits per heavy atom. The molecule has 2 N–H and O–H groups in total. The van der Waals surface area contributed by atoms with Gasteiger partial charge < -0.3 is 0 Å². The Balaban J connectivity index is 3.24. The van der Waals surface area contributed by atoms with Gasteiger partial charge in [-0.05, 0) is 6.92 Å². The van der Waals surface area contributed by atoms with Crippen LogP contribution in [0.3, 0.4) is 0 Å². The molecule has 1 rings (SSSR count). The number of urea groups is 1. The highest BCUT2D eigenvalue weighted by atomic mass is 16.2. The number of carbonyl (C=O) groups excluding carboxylic acids is 3. The van der Waals surface area contributed by atoms with Crippen molar-refractivity contribution in [2.45, 2.75) is 6.92 Å². The van der Waals surface area contributed by atoms with Crippen LogP contribution in [0.5, 0.6) is 0 Å². The van der Waals surface area contributed by atoms with Crippen LogP contribution >= 0.6 is 0 Å². The van der Waals surface area contributed by atoms with Crippen LogP contribution in [-0.4, -0.2) is 17.8 Å². The Hall–Kier alpha value is -1.91. The molecule has 4 amide bonds. The minimum atomic E-state index is -1.53. The van der Waals surface area contributed by atoms with Crippen LogP contribution in [-0.2, 0) is 9.59 Å². The molecule has 0 unspecified atom stereocenters. The van der Waals surface area contributed by atoms with E-state index in [1.54, 1.807) is 0 Å². The number of barbiturate groups is 1. The molecule has 0 aromatic heterocycles. The van der Waals surface area contributed by atoms with Crippen LogP contribution in [0.15, 0.2) is 24.8 Å². The molecule has 0 aromatic carbocycles. The van der Waals surface area contributed by atoms with Gasteiger partial charge in [-0.25, -0.2) is 4.79 Å². The summed E-state index contributed by atoms with van der Waals surface area (Å²) >= 11 is 0. The van der Waals surface area contributed by atoms with Crippen molar-refractivity contribution >= 4 is 17.8 Å². The van der Waals surface area contributed by atoms with E-state index in [2.05, 4.69) is 13.2 Å². The Bertz CT molecular complexity index is 337. The fraction of sp³-hybridized carbons (Fsp3) is 0.222. The van der Waals surface area contributed by atoms with Gasteiger partial charge in [-0.2, -0.15) is 0 Å². The predicted molar refractivity (Wildman–Crippen MR) is 49.1 cm³/mol. The lowest BCUT2D eigenvalue weighted by molar-refractivity contribution is -0.138. The molecule has 0 spiro atoms. The van der Waals surface area contributed by atoms with Gasteiger partial charge in [0.1, 0.15) is 0 Å². The third-order valence-corrected chi connectivity index (χ3v) is 2.15. The van der Waals surface area contributed by atoms with Gasteiger partial charge in [0, 0.05) is 0 Å². The second-order valence-electron chi connectivity index (χ2n) is 3.03. The number of nitrogens with one attached hydrogen (secondary N) is 2. The first-order chi connectivity index (χ1) is 6.45. The molecule has 0 atom stereocenters. The first-order valence-corrected chi connectivity index (χ1v) is 3.91. The van der Waals surface area contributed by atoms with Crippen molar-refractivity contribution in [1.29, 1.82) is 0 Å². The smallest absolute Gasteiger partial charge is 0.276 e. The van der Waals surface area contributed by atoms with Crippen LogP contribution in [0.25, 0.3) is 0 Å². The van der Waals surface area contributed by atoms with E-state index >= 15 is 0 Å². The summed E-state index contributed by atoms with van der Waals surface area (Å²) in [6.45, 7) is 8.48. The molecule has 1 aliphatic heterocycles. The quantitative estimate of drug-likeness (QED) is 0.483. The summed E-state index contributed by atoms with van der Waals surface area (Å²) < 4.78 is 0. The van der Waals surface area contributed by atoms with Crippen LogP contribution < -0.4 is 10.6 Å². The van der Waals surface area contributed by atoms with E-state index in [9.17, 15) is 14.4 Å². The van der Waals surface area contributed by atoms with Gasteiger partial charge in [-0.3, -0.25) is 20.2 Å². The molecule has 5 heteroatoms. The molecular formula is C9H10N2O3. The van der Waals surface area contributed by atoms with Gasteiger partial charge in [-0.1, -0.05) is 18.2 Å². The van der Waals surface area contributed by atoms with E-state index in [-0.39, 0.29) is 0 Å². The zero-order chi connectivity index (χ0) is 10.9. The van der Waals surface area contributed by atoms with Gasteiger partial charge in [0.25, 0.3) is 11.8 Å². The standard InChI is InChI=1S/C9H10N2O3/c1-4-9(5(2)3)6(12)10-8(14)11-7(9)13/h4H,1-2H2,3H3,(H2,10,11,12,13,14). The van der Waals surface area contributed by atoms with Gasteiger partial charge >= 0.3 is 6.03 Å². The second kappa shape index (κ2) is 3.10. The minimum Gasteiger partial charge on any atom is -0.276 e. The molecule has 1 fully saturated rings. The van der Waals surface area contributed by atoms with Crippen molar-refractivity contribution in [1.82, 2.24) is 10.6 Å². The lowest BCUT2D eigenvalue weighted by Gasteiger charge is -2.31. The number of hydrogen-bond donors (Lipinski definition) is 2. The van der Waals surface area contributed by atoms with Crippen molar-refractivity contribution < 1.29 is 14.4 Å². The van der Waals surface area contributed by atoms with Crippen LogP contribution in [0, 0.1) is 5.41 Å². The summed E-state index contributed by atoms with van der Waals surface area (Å²) in [5.41, 5.74) is -1.22. The highest BCUT2D eigenvalue weighted by Crippen LogP contribution is 2.29. The number of carbonyl (C=O) groups is 3. The van der Waals surface area contributed by atoms with E-state index in [4.69, 9.17) is 0 Å². The Labute approximate surface area is 80.9 Å². The maximum atomic E-state index is 11.5. The zero-order valence-electron chi connectivity index (χ0n) is 7.72. The SMILES string of the molecule is C=CC1(C(=C)C)C(=O)NC(=O)NC1=O. The molecule has 0 saturated carbocycles. The van der Waals surface area contributed by atoms with E-state index in [1.807, 2.05) is 10.6 Å². The third kappa shape index (κ3) is 1.14. The number of rotatable bonds is 2. The Morgan fingerprint density at radius 2 is 1.71 bits per heavy atom.